The number of hydrogen-bond acceptors (Lipinski definition) is 3. The molecular weight excluding hydrogens is 149 g/mol. The van der Waals surface area contributed by atoms with Crippen molar-refractivity contribution in [3.8, 4) is 11.5 Å². The zero-order chi connectivity index (χ0) is 8.43. The molecule has 11 heavy (non-hydrogen) atoms. The van der Waals surface area contributed by atoms with Crippen molar-refractivity contribution >= 4 is 0 Å². The van der Waals surface area contributed by atoms with Crippen molar-refractivity contribution in [2.75, 3.05) is 0 Å². The van der Waals surface area contributed by atoms with E-state index in [0.717, 1.165) is 6.07 Å². The highest BCUT2D eigenvalue weighted by Crippen LogP contribution is 2.28. The Labute approximate surface area is 62.9 Å². The summed E-state index contributed by atoms with van der Waals surface area (Å²) in [5.74, 6) is -2.07. The van der Waals surface area contributed by atoms with Crippen molar-refractivity contribution in [3.05, 3.63) is 23.5 Å². The third kappa shape index (κ3) is 1.40. The third-order valence-electron chi connectivity index (χ3n) is 1.34. The van der Waals surface area contributed by atoms with Gasteiger partial charge in [-0.2, -0.15) is 0 Å². The van der Waals surface area contributed by atoms with Crippen LogP contribution in [-0.4, -0.2) is 10.2 Å². The van der Waals surface area contributed by atoms with Crippen LogP contribution in [0.4, 0.5) is 4.39 Å². The fourth-order valence-corrected chi connectivity index (χ4v) is 0.757. The molecule has 4 heteroatoms. The van der Waals surface area contributed by atoms with Crippen LogP contribution in [0, 0.1) is 5.82 Å². The van der Waals surface area contributed by atoms with Gasteiger partial charge in [0.25, 0.3) is 0 Å². The number of phenols is 2. The van der Waals surface area contributed by atoms with Gasteiger partial charge in [0, 0.05) is 6.54 Å². The number of phenolic OH excluding ortho intramolecular Hbond substituents is 2. The Morgan fingerprint density at radius 3 is 2.45 bits per heavy atom. The summed E-state index contributed by atoms with van der Waals surface area (Å²) in [4.78, 5) is 0. The molecule has 0 fully saturated rings. The van der Waals surface area contributed by atoms with Gasteiger partial charge in [0.1, 0.15) is 0 Å². The number of rotatable bonds is 1. The van der Waals surface area contributed by atoms with Crippen LogP contribution in [0.3, 0.4) is 0 Å². The predicted molar refractivity (Wildman–Crippen MR) is 37.6 cm³/mol. The molecule has 0 aromatic heterocycles. The molecule has 0 aliphatic rings. The maximum Gasteiger partial charge on any atom is 0.194 e. The molecule has 0 radical (unpaired) electrons. The van der Waals surface area contributed by atoms with Crippen molar-refractivity contribution in [3.63, 3.8) is 0 Å². The van der Waals surface area contributed by atoms with E-state index in [4.69, 9.17) is 15.9 Å². The van der Waals surface area contributed by atoms with E-state index in [1.807, 2.05) is 0 Å². The summed E-state index contributed by atoms with van der Waals surface area (Å²) in [5.41, 5.74) is 5.62. The van der Waals surface area contributed by atoms with E-state index in [1.165, 1.54) is 6.07 Å². The van der Waals surface area contributed by atoms with Crippen LogP contribution >= 0.6 is 0 Å². The first-order valence-electron chi connectivity index (χ1n) is 3.05. The normalized spacial score (nSPS) is 10.0. The van der Waals surface area contributed by atoms with E-state index in [1.54, 1.807) is 0 Å². The molecule has 0 aliphatic carbocycles. The minimum absolute atomic E-state index is 0.130. The van der Waals surface area contributed by atoms with Crippen molar-refractivity contribution in [2.24, 2.45) is 5.73 Å². The molecule has 0 aliphatic heterocycles. The average molecular weight is 157 g/mol. The summed E-state index contributed by atoms with van der Waals surface area (Å²) >= 11 is 0. The topological polar surface area (TPSA) is 66.5 Å². The second-order valence-electron chi connectivity index (χ2n) is 2.15. The number of halogens is 1. The summed E-state index contributed by atoms with van der Waals surface area (Å²) in [6.07, 6.45) is 0. The quantitative estimate of drug-likeness (QED) is 0.525. The molecule has 1 aromatic rings. The van der Waals surface area contributed by atoms with Gasteiger partial charge in [-0.15, -0.1) is 0 Å². The van der Waals surface area contributed by atoms with Crippen molar-refractivity contribution in [1.29, 1.82) is 0 Å². The second kappa shape index (κ2) is 2.75. The van der Waals surface area contributed by atoms with Gasteiger partial charge in [-0.25, -0.2) is 4.39 Å². The van der Waals surface area contributed by atoms with E-state index in [0.29, 0.717) is 5.56 Å². The lowest BCUT2D eigenvalue weighted by Gasteiger charge is -2.01. The van der Waals surface area contributed by atoms with Crippen LogP contribution < -0.4 is 5.73 Å². The average Bonchev–Trinajstić information content (AvgIpc) is 1.99. The molecule has 1 rings (SSSR count). The van der Waals surface area contributed by atoms with E-state index in [2.05, 4.69) is 0 Å². The SMILES string of the molecule is NCc1cc(O)c(O)c(F)c1. The Hall–Kier alpha value is -1.29. The lowest BCUT2D eigenvalue weighted by atomic mass is 10.2. The zero-order valence-electron chi connectivity index (χ0n) is 5.71. The maximum absolute atomic E-state index is 12.6. The summed E-state index contributed by atoms with van der Waals surface area (Å²) in [6, 6.07) is 2.30. The molecule has 60 valence electrons. The van der Waals surface area contributed by atoms with Gasteiger partial charge in [-0.3, -0.25) is 0 Å². The molecule has 3 nitrogen and oxygen atoms in total. The van der Waals surface area contributed by atoms with Gasteiger partial charge < -0.3 is 15.9 Å². The first-order chi connectivity index (χ1) is 5.15. The van der Waals surface area contributed by atoms with E-state index < -0.39 is 17.3 Å². The molecular formula is C7H8FNO2. The van der Waals surface area contributed by atoms with Crippen LogP contribution in [0.2, 0.25) is 0 Å². The number of hydrogen-bond donors (Lipinski definition) is 3. The van der Waals surface area contributed by atoms with E-state index in [-0.39, 0.29) is 6.54 Å². The third-order valence-corrected chi connectivity index (χ3v) is 1.34. The van der Waals surface area contributed by atoms with E-state index in [9.17, 15) is 4.39 Å². The molecule has 0 bridgehead atoms. The zero-order valence-corrected chi connectivity index (χ0v) is 5.71. The highest BCUT2D eigenvalue weighted by atomic mass is 19.1. The lowest BCUT2D eigenvalue weighted by Crippen LogP contribution is -1.96. The van der Waals surface area contributed by atoms with Crippen molar-refractivity contribution < 1.29 is 14.6 Å². The van der Waals surface area contributed by atoms with Crippen LogP contribution in [0.25, 0.3) is 0 Å². The molecule has 0 unspecified atom stereocenters. The van der Waals surface area contributed by atoms with Crippen LogP contribution in [0.15, 0.2) is 12.1 Å². The smallest absolute Gasteiger partial charge is 0.194 e. The highest BCUT2D eigenvalue weighted by molar-refractivity contribution is 5.41. The minimum atomic E-state index is -0.856. The number of aromatic hydroxyl groups is 2. The van der Waals surface area contributed by atoms with Gasteiger partial charge >= 0.3 is 0 Å². The molecule has 4 N–H and O–H groups in total. The monoisotopic (exact) mass is 157 g/mol. The van der Waals surface area contributed by atoms with Crippen LogP contribution in [-0.2, 0) is 6.54 Å². The Morgan fingerprint density at radius 2 is 2.00 bits per heavy atom. The molecule has 0 saturated heterocycles. The fourth-order valence-electron chi connectivity index (χ4n) is 0.757. The number of nitrogens with two attached hydrogens (primary N) is 1. The Kier molecular flexibility index (Phi) is 1.96. The summed E-state index contributed by atoms with van der Waals surface area (Å²) in [5, 5.41) is 17.6. The largest absolute Gasteiger partial charge is 0.504 e. The van der Waals surface area contributed by atoms with Gasteiger partial charge in [0.05, 0.1) is 0 Å². The number of benzene rings is 1. The summed E-state index contributed by atoms with van der Waals surface area (Å²) in [7, 11) is 0. The molecule has 0 atom stereocenters. The predicted octanol–water partition coefficient (Wildman–Crippen LogP) is 0.696. The Bertz CT molecular complexity index is 252. The van der Waals surface area contributed by atoms with Crippen molar-refractivity contribution in [2.45, 2.75) is 6.54 Å². The molecule has 1 aromatic carbocycles. The summed E-state index contributed by atoms with van der Waals surface area (Å²) in [6.45, 7) is 0.130. The van der Waals surface area contributed by atoms with Gasteiger partial charge in [0.2, 0.25) is 0 Å². The molecule has 0 saturated carbocycles. The van der Waals surface area contributed by atoms with Crippen LogP contribution in [0.1, 0.15) is 5.56 Å². The molecule has 0 spiro atoms. The van der Waals surface area contributed by atoms with Crippen LogP contribution in [0.5, 0.6) is 11.5 Å². The Balaban J connectivity index is 3.21. The van der Waals surface area contributed by atoms with Crippen molar-refractivity contribution in [1.82, 2.24) is 0 Å². The van der Waals surface area contributed by atoms with E-state index >= 15 is 0 Å². The highest BCUT2D eigenvalue weighted by Gasteiger charge is 2.06. The first-order valence-corrected chi connectivity index (χ1v) is 3.05. The second-order valence-corrected chi connectivity index (χ2v) is 2.15. The Morgan fingerprint density at radius 1 is 1.36 bits per heavy atom. The first kappa shape index (κ1) is 7.81. The van der Waals surface area contributed by atoms with Gasteiger partial charge in [-0.05, 0) is 17.7 Å². The standard InChI is InChI=1S/C7H8FNO2/c8-5-1-4(3-9)2-6(10)7(5)11/h1-2,10-11H,3,9H2. The molecule has 0 heterocycles. The lowest BCUT2D eigenvalue weighted by molar-refractivity contribution is 0.378. The van der Waals surface area contributed by atoms with Gasteiger partial charge in [-0.1, -0.05) is 0 Å². The summed E-state index contributed by atoms with van der Waals surface area (Å²) < 4.78 is 12.6. The fraction of sp³-hybridized carbons (Fsp3) is 0.143. The molecule has 0 amide bonds. The van der Waals surface area contributed by atoms with Gasteiger partial charge in [0.15, 0.2) is 17.3 Å². The minimum Gasteiger partial charge on any atom is -0.504 e. The maximum atomic E-state index is 12.6.